The number of hydrogen-bond donors (Lipinski definition) is 0. The number of nitrogens with zero attached hydrogens (tertiary/aromatic N) is 3. The van der Waals surface area contributed by atoms with E-state index in [0.717, 1.165) is 0 Å². The molecule has 1 aliphatic heterocycles. The molecule has 1 fully saturated rings. The third kappa shape index (κ3) is 4.76. The lowest BCUT2D eigenvalue weighted by atomic mass is 10.0. The van der Waals surface area contributed by atoms with Crippen LogP contribution >= 0.6 is 23.8 Å². The second-order valence-corrected chi connectivity index (χ2v) is 11.4. The number of rotatable bonds is 8. The minimum absolute atomic E-state index is 0.0455. The monoisotopic (exact) mass is 519 g/mol. The maximum Gasteiger partial charge on any atom is 0.258 e. The third-order valence-corrected chi connectivity index (χ3v) is 8.51. The first-order valence-corrected chi connectivity index (χ1v) is 13.2. The van der Waals surface area contributed by atoms with Gasteiger partial charge in [-0.3, -0.25) is 9.69 Å². The van der Waals surface area contributed by atoms with Crippen molar-refractivity contribution in [3.8, 4) is 5.75 Å². The molecule has 0 saturated carbocycles. The van der Waals surface area contributed by atoms with Gasteiger partial charge in [-0.2, -0.15) is 0 Å². The number of ether oxygens (including phenoxy) is 1. The quantitative estimate of drug-likeness (QED) is 0.272. The Hall–Kier alpha value is -2.67. The fourth-order valence-corrected chi connectivity index (χ4v) is 5.32. The zero-order valence-corrected chi connectivity index (χ0v) is 21.9. The SMILES string of the molecule is [C-]#[N+]c1ccc(N2C(=O)C(C)(C)N(CCCOc3ccc(S(=O)(=O)CC)cc3)C2=S)c(C)c1Cl. The molecule has 1 amide bonds. The average molecular weight is 520 g/mol. The van der Waals surface area contributed by atoms with E-state index < -0.39 is 15.4 Å². The molecule has 0 unspecified atom stereocenters. The van der Waals surface area contributed by atoms with Gasteiger partial charge >= 0.3 is 0 Å². The van der Waals surface area contributed by atoms with Crippen LogP contribution in [-0.2, 0) is 14.6 Å². The van der Waals surface area contributed by atoms with Crippen molar-refractivity contribution in [3.63, 3.8) is 0 Å². The van der Waals surface area contributed by atoms with Gasteiger partial charge in [-0.15, -0.1) is 0 Å². The first-order chi connectivity index (χ1) is 16.0. The minimum atomic E-state index is -3.25. The van der Waals surface area contributed by atoms with Crippen LogP contribution in [0.25, 0.3) is 4.85 Å². The fraction of sp³-hybridized carbons (Fsp3) is 0.375. The first kappa shape index (κ1) is 25.9. The van der Waals surface area contributed by atoms with Gasteiger partial charge in [0, 0.05) is 6.54 Å². The molecule has 0 N–H and O–H groups in total. The Balaban J connectivity index is 1.68. The molecule has 0 aromatic heterocycles. The van der Waals surface area contributed by atoms with E-state index in [-0.39, 0.29) is 16.6 Å². The van der Waals surface area contributed by atoms with Crippen LogP contribution in [-0.4, -0.2) is 48.8 Å². The second-order valence-electron chi connectivity index (χ2n) is 8.37. The molecule has 7 nitrogen and oxygen atoms in total. The van der Waals surface area contributed by atoms with Crippen molar-refractivity contribution in [3.05, 3.63) is 58.4 Å². The topological polar surface area (TPSA) is 71.3 Å². The van der Waals surface area contributed by atoms with E-state index in [9.17, 15) is 13.2 Å². The summed E-state index contributed by atoms with van der Waals surface area (Å²) in [6.07, 6.45) is 0.593. The molecule has 1 heterocycles. The highest BCUT2D eigenvalue weighted by Crippen LogP contribution is 2.39. The van der Waals surface area contributed by atoms with Crippen LogP contribution in [0, 0.1) is 13.5 Å². The predicted molar refractivity (Wildman–Crippen MR) is 138 cm³/mol. The molecule has 0 radical (unpaired) electrons. The number of benzene rings is 2. The Labute approximate surface area is 211 Å². The van der Waals surface area contributed by atoms with Crippen molar-refractivity contribution in [1.82, 2.24) is 4.90 Å². The molecule has 10 heteroatoms. The molecular weight excluding hydrogens is 494 g/mol. The van der Waals surface area contributed by atoms with Crippen molar-refractivity contribution >= 4 is 56.1 Å². The molecule has 0 bridgehead atoms. The zero-order valence-electron chi connectivity index (χ0n) is 19.5. The number of hydrogen-bond acceptors (Lipinski definition) is 5. The van der Waals surface area contributed by atoms with E-state index in [0.29, 0.717) is 52.4 Å². The first-order valence-electron chi connectivity index (χ1n) is 10.7. The van der Waals surface area contributed by atoms with E-state index in [1.165, 1.54) is 17.0 Å². The van der Waals surface area contributed by atoms with Gasteiger partial charge in [0.1, 0.15) is 11.3 Å². The van der Waals surface area contributed by atoms with Gasteiger partial charge in [-0.25, -0.2) is 13.3 Å². The number of carbonyl (C=O) groups excluding carboxylic acids is 1. The summed E-state index contributed by atoms with van der Waals surface area (Å²) in [5.41, 5.74) is 0.667. The summed E-state index contributed by atoms with van der Waals surface area (Å²) in [6, 6.07) is 9.64. The highest BCUT2D eigenvalue weighted by atomic mass is 35.5. The van der Waals surface area contributed by atoms with Crippen LogP contribution in [0.15, 0.2) is 41.3 Å². The van der Waals surface area contributed by atoms with Gasteiger partial charge in [0.05, 0.1) is 34.5 Å². The van der Waals surface area contributed by atoms with Crippen molar-refractivity contribution in [2.24, 2.45) is 0 Å². The number of thiocarbonyl (C=S) groups is 1. The highest BCUT2D eigenvalue weighted by Gasteiger charge is 2.49. The summed E-state index contributed by atoms with van der Waals surface area (Å²) < 4.78 is 29.6. The second kappa shape index (κ2) is 9.90. The van der Waals surface area contributed by atoms with Gasteiger partial charge in [0.25, 0.3) is 5.91 Å². The van der Waals surface area contributed by atoms with Crippen LogP contribution in [0.2, 0.25) is 5.02 Å². The lowest BCUT2D eigenvalue weighted by molar-refractivity contribution is -0.123. The summed E-state index contributed by atoms with van der Waals surface area (Å²) in [4.78, 5) is 20.3. The summed E-state index contributed by atoms with van der Waals surface area (Å²) in [6.45, 7) is 15.1. The molecule has 3 rings (SSSR count). The molecule has 180 valence electrons. The summed E-state index contributed by atoms with van der Waals surface area (Å²) >= 11 is 12.0. The van der Waals surface area contributed by atoms with Crippen molar-refractivity contribution in [2.75, 3.05) is 23.8 Å². The standard InChI is InChI=1S/C24H26ClN3O4S2/c1-6-34(30,31)18-10-8-17(9-11-18)32-15-7-14-27-23(33)28(22(29)24(27,3)4)20-13-12-19(26-5)21(25)16(20)2/h8-13H,6-7,14-15H2,1-4H3. The fourth-order valence-electron chi connectivity index (χ4n) is 3.74. The average Bonchev–Trinajstić information content (AvgIpc) is 2.97. The summed E-state index contributed by atoms with van der Waals surface area (Å²) in [5, 5.41) is 0.685. The minimum Gasteiger partial charge on any atom is -0.494 e. The molecular formula is C24H26ClN3O4S2. The molecule has 0 atom stereocenters. The molecule has 34 heavy (non-hydrogen) atoms. The molecule has 0 aliphatic carbocycles. The van der Waals surface area contributed by atoms with Crippen LogP contribution in [0.3, 0.4) is 0 Å². The van der Waals surface area contributed by atoms with Crippen molar-refractivity contribution < 1.29 is 17.9 Å². The highest BCUT2D eigenvalue weighted by molar-refractivity contribution is 7.91. The van der Waals surface area contributed by atoms with Gasteiger partial charge in [-0.1, -0.05) is 24.6 Å². The lowest BCUT2D eigenvalue weighted by Crippen LogP contribution is -2.44. The largest absolute Gasteiger partial charge is 0.494 e. The van der Waals surface area contributed by atoms with E-state index in [2.05, 4.69) is 4.85 Å². The van der Waals surface area contributed by atoms with E-state index in [4.69, 9.17) is 35.1 Å². The van der Waals surface area contributed by atoms with Crippen LogP contribution in [0.5, 0.6) is 5.75 Å². The van der Waals surface area contributed by atoms with Crippen molar-refractivity contribution in [1.29, 1.82) is 0 Å². The van der Waals surface area contributed by atoms with Crippen LogP contribution in [0.4, 0.5) is 11.4 Å². The molecule has 0 spiro atoms. The number of carbonyl (C=O) groups is 1. The smallest absolute Gasteiger partial charge is 0.258 e. The van der Waals surface area contributed by atoms with Gasteiger partial charge in [0.2, 0.25) is 5.69 Å². The maximum absolute atomic E-state index is 13.3. The van der Waals surface area contributed by atoms with Gasteiger partial charge < -0.3 is 9.64 Å². The molecule has 2 aromatic rings. The Morgan fingerprint density at radius 3 is 2.41 bits per heavy atom. The Morgan fingerprint density at radius 1 is 1.18 bits per heavy atom. The van der Waals surface area contributed by atoms with Gasteiger partial charge in [0.15, 0.2) is 14.9 Å². The maximum atomic E-state index is 13.3. The number of amides is 1. The Morgan fingerprint density at radius 2 is 1.82 bits per heavy atom. The van der Waals surface area contributed by atoms with E-state index in [1.54, 1.807) is 38.1 Å². The van der Waals surface area contributed by atoms with Gasteiger partial charge in [-0.05, 0) is 75.3 Å². The Bertz CT molecular complexity index is 1270. The van der Waals surface area contributed by atoms with E-state index in [1.807, 2.05) is 18.7 Å². The lowest BCUT2D eigenvalue weighted by Gasteiger charge is -2.29. The molecule has 1 aliphatic rings. The number of halogens is 1. The summed E-state index contributed by atoms with van der Waals surface area (Å²) in [5.74, 6) is 0.450. The summed E-state index contributed by atoms with van der Waals surface area (Å²) in [7, 11) is -3.25. The predicted octanol–water partition coefficient (Wildman–Crippen LogP) is 5.17. The van der Waals surface area contributed by atoms with Crippen LogP contribution in [0.1, 0.15) is 32.8 Å². The number of sulfone groups is 1. The van der Waals surface area contributed by atoms with Crippen LogP contribution < -0.4 is 9.64 Å². The van der Waals surface area contributed by atoms with Crippen molar-refractivity contribution in [2.45, 2.75) is 44.6 Å². The number of anilines is 1. The zero-order chi connectivity index (χ0) is 25.3. The molecule has 1 saturated heterocycles. The molecule has 2 aromatic carbocycles. The normalized spacial score (nSPS) is 15.5. The van der Waals surface area contributed by atoms with E-state index >= 15 is 0 Å². The third-order valence-electron chi connectivity index (χ3n) is 5.88. The Kier molecular flexibility index (Phi) is 7.56.